The molecule has 2 aromatic heterocycles. The van der Waals surface area contributed by atoms with Crippen LogP contribution in [0.15, 0.2) is 24.7 Å². The van der Waals surface area contributed by atoms with Crippen LogP contribution in [0.4, 0.5) is 11.5 Å². The molecule has 17 heavy (non-hydrogen) atoms. The summed E-state index contributed by atoms with van der Waals surface area (Å²) in [6, 6.07) is 1.85. The van der Waals surface area contributed by atoms with Gasteiger partial charge in [0.15, 0.2) is 0 Å². The lowest BCUT2D eigenvalue weighted by Crippen LogP contribution is -2.10. The van der Waals surface area contributed by atoms with Gasteiger partial charge in [-0.2, -0.15) is 0 Å². The third kappa shape index (κ3) is 2.75. The second-order valence-corrected chi connectivity index (χ2v) is 4.06. The summed E-state index contributed by atoms with van der Waals surface area (Å²) in [7, 11) is 1.99. The molecule has 0 saturated carbocycles. The summed E-state index contributed by atoms with van der Waals surface area (Å²) in [4.78, 5) is 8.52. The zero-order chi connectivity index (χ0) is 12.3. The van der Waals surface area contributed by atoms with E-state index in [9.17, 15) is 0 Å². The second kappa shape index (κ2) is 4.86. The lowest BCUT2D eigenvalue weighted by Gasteiger charge is -2.07. The molecule has 90 valence electrons. The maximum atomic E-state index is 5.81. The maximum Gasteiger partial charge on any atom is 0.127 e. The Morgan fingerprint density at radius 3 is 2.88 bits per heavy atom. The quantitative estimate of drug-likeness (QED) is 0.833. The zero-order valence-corrected chi connectivity index (χ0v) is 10.1. The van der Waals surface area contributed by atoms with Gasteiger partial charge in [0.1, 0.15) is 11.6 Å². The fourth-order valence-electron chi connectivity index (χ4n) is 1.58. The summed E-state index contributed by atoms with van der Waals surface area (Å²) < 4.78 is 2.01. The predicted octanol–water partition coefficient (Wildman–Crippen LogP) is 1.36. The van der Waals surface area contributed by atoms with Crippen molar-refractivity contribution in [3.05, 3.63) is 36.0 Å². The van der Waals surface area contributed by atoms with Crippen LogP contribution in [-0.4, -0.2) is 21.1 Å². The Kier molecular flexibility index (Phi) is 3.27. The van der Waals surface area contributed by atoms with Gasteiger partial charge in [0, 0.05) is 50.4 Å². The van der Waals surface area contributed by atoms with Crippen molar-refractivity contribution in [1.29, 1.82) is 0 Å². The lowest BCUT2D eigenvalue weighted by molar-refractivity contribution is 0.788. The Labute approximate surface area is 101 Å². The van der Waals surface area contributed by atoms with E-state index in [1.165, 1.54) is 0 Å². The van der Waals surface area contributed by atoms with Crippen molar-refractivity contribution in [2.24, 2.45) is 7.05 Å². The van der Waals surface area contributed by atoms with Gasteiger partial charge >= 0.3 is 0 Å². The summed E-state index contributed by atoms with van der Waals surface area (Å²) in [6.45, 7) is 2.74. The first kappa shape index (κ1) is 11.4. The van der Waals surface area contributed by atoms with Crippen LogP contribution < -0.4 is 11.1 Å². The third-order valence-corrected chi connectivity index (χ3v) is 2.72. The number of hydrogen-bond acceptors (Lipinski definition) is 4. The molecule has 0 spiro atoms. The van der Waals surface area contributed by atoms with Crippen molar-refractivity contribution in [3.8, 4) is 0 Å². The number of nitrogens with one attached hydrogen (secondary N) is 1. The highest BCUT2D eigenvalue weighted by molar-refractivity contribution is 5.53. The molecule has 0 amide bonds. The van der Waals surface area contributed by atoms with Gasteiger partial charge in [0.05, 0.1) is 0 Å². The molecule has 5 nitrogen and oxygen atoms in total. The monoisotopic (exact) mass is 231 g/mol. The van der Waals surface area contributed by atoms with E-state index in [0.29, 0.717) is 0 Å². The molecule has 2 aromatic rings. The van der Waals surface area contributed by atoms with E-state index in [0.717, 1.165) is 35.9 Å². The van der Waals surface area contributed by atoms with E-state index in [4.69, 9.17) is 5.73 Å². The maximum absolute atomic E-state index is 5.81. The highest BCUT2D eigenvalue weighted by Gasteiger charge is 2.00. The van der Waals surface area contributed by atoms with E-state index in [2.05, 4.69) is 15.3 Å². The Balaban J connectivity index is 1.90. The number of nitrogens with zero attached hydrogens (tertiary/aromatic N) is 3. The van der Waals surface area contributed by atoms with Crippen molar-refractivity contribution >= 4 is 11.5 Å². The standard InChI is InChI=1S/C12H17N5/c1-9-8-16-11(7-10(9)13)14-4-3-12-15-5-6-17(12)2/h5-8H,3-4H2,1-2H3,(H3,13,14,16). The Morgan fingerprint density at radius 1 is 1.41 bits per heavy atom. The number of pyridine rings is 1. The molecular formula is C12H17N5. The topological polar surface area (TPSA) is 68.8 Å². The molecule has 2 heterocycles. The minimum absolute atomic E-state index is 0.763. The molecule has 0 unspecified atom stereocenters. The molecule has 0 aliphatic rings. The fourth-order valence-corrected chi connectivity index (χ4v) is 1.58. The molecular weight excluding hydrogens is 214 g/mol. The van der Waals surface area contributed by atoms with Crippen LogP contribution >= 0.6 is 0 Å². The third-order valence-electron chi connectivity index (χ3n) is 2.72. The number of imidazole rings is 1. The van der Waals surface area contributed by atoms with Gasteiger partial charge in [-0.15, -0.1) is 0 Å². The minimum Gasteiger partial charge on any atom is -0.398 e. The van der Waals surface area contributed by atoms with E-state index in [1.54, 1.807) is 12.4 Å². The largest absolute Gasteiger partial charge is 0.398 e. The van der Waals surface area contributed by atoms with Crippen molar-refractivity contribution in [3.63, 3.8) is 0 Å². The molecule has 0 aliphatic heterocycles. The van der Waals surface area contributed by atoms with Gasteiger partial charge in [-0.05, 0) is 12.5 Å². The van der Waals surface area contributed by atoms with Gasteiger partial charge < -0.3 is 15.6 Å². The SMILES string of the molecule is Cc1cnc(NCCc2nccn2C)cc1N. The number of rotatable bonds is 4. The summed E-state index contributed by atoms with van der Waals surface area (Å²) in [6.07, 6.45) is 6.38. The summed E-state index contributed by atoms with van der Waals surface area (Å²) in [5.74, 6) is 1.86. The van der Waals surface area contributed by atoms with Gasteiger partial charge in [-0.1, -0.05) is 0 Å². The van der Waals surface area contributed by atoms with Crippen molar-refractivity contribution in [1.82, 2.24) is 14.5 Å². The molecule has 0 bridgehead atoms. The van der Waals surface area contributed by atoms with Crippen molar-refractivity contribution in [2.45, 2.75) is 13.3 Å². The second-order valence-electron chi connectivity index (χ2n) is 4.06. The number of nitrogen functional groups attached to an aromatic ring is 1. The van der Waals surface area contributed by atoms with Crippen molar-refractivity contribution < 1.29 is 0 Å². The van der Waals surface area contributed by atoms with Gasteiger partial charge in [0.25, 0.3) is 0 Å². The lowest BCUT2D eigenvalue weighted by atomic mass is 10.2. The minimum atomic E-state index is 0.763. The predicted molar refractivity (Wildman–Crippen MR) is 68.8 cm³/mol. The normalized spacial score (nSPS) is 10.5. The first-order chi connectivity index (χ1) is 8.16. The molecule has 3 N–H and O–H groups in total. The molecule has 2 rings (SSSR count). The van der Waals surface area contributed by atoms with Crippen LogP contribution in [0.5, 0.6) is 0 Å². The molecule has 0 saturated heterocycles. The van der Waals surface area contributed by atoms with Crippen LogP contribution in [0, 0.1) is 6.92 Å². The summed E-state index contributed by atoms with van der Waals surface area (Å²) in [5.41, 5.74) is 7.58. The van der Waals surface area contributed by atoms with Crippen LogP contribution in [0.1, 0.15) is 11.4 Å². The van der Waals surface area contributed by atoms with Crippen LogP contribution in [0.3, 0.4) is 0 Å². The van der Waals surface area contributed by atoms with E-state index in [1.807, 2.05) is 30.8 Å². The number of aryl methyl sites for hydroxylation is 2. The van der Waals surface area contributed by atoms with Gasteiger partial charge in [-0.25, -0.2) is 9.97 Å². The molecule has 5 heteroatoms. The van der Waals surface area contributed by atoms with Crippen LogP contribution in [0.2, 0.25) is 0 Å². The fraction of sp³-hybridized carbons (Fsp3) is 0.333. The molecule has 0 fully saturated rings. The molecule has 0 aliphatic carbocycles. The Morgan fingerprint density at radius 2 is 2.24 bits per heavy atom. The van der Waals surface area contributed by atoms with Crippen LogP contribution in [-0.2, 0) is 13.5 Å². The Hall–Kier alpha value is -2.04. The molecule has 0 aromatic carbocycles. The number of aromatic nitrogens is 3. The first-order valence-corrected chi connectivity index (χ1v) is 5.59. The average molecular weight is 231 g/mol. The van der Waals surface area contributed by atoms with E-state index < -0.39 is 0 Å². The van der Waals surface area contributed by atoms with Crippen molar-refractivity contribution in [2.75, 3.05) is 17.6 Å². The number of anilines is 2. The van der Waals surface area contributed by atoms with E-state index in [-0.39, 0.29) is 0 Å². The van der Waals surface area contributed by atoms with Gasteiger partial charge in [0.2, 0.25) is 0 Å². The van der Waals surface area contributed by atoms with E-state index >= 15 is 0 Å². The molecule has 0 atom stereocenters. The number of hydrogen-bond donors (Lipinski definition) is 2. The zero-order valence-electron chi connectivity index (χ0n) is 10.1. The summed E-state index contributed by atoms with van der Waals surface area (Å²) >= 11 is 0. The molecule has 0 radical (unpaired) electrons. The number of nitrogens with two attached hydrogens (primary N) is 1. The van der Waals surface area contributed by atoms with Crippen LogP contribution in [0.25, 0.3) is 0 Å². The van der Waals surface area contributed by atoms with Gasteiger partial charge in [-0.3, -0.25) is 0 Å². The average Bonchev–Trinajstić information content (AvgIpc) is 2.70. The highest BCUT2D eigenvalue weighted by atomic mass is 15.0. The Bertz CT molecular complexity index is 503. The summed E-state index contributed by atoms with van der Waals surface area (Å²) in [5, 5.41) is 3.23. The first-order valence-electron chi connectivity index (χ1n) is 5.59. The highest BCUT2D eigenvalue weighted by Crippen LogP contribution is 2.13. The smallest absolute Gasteiger partial charge is 0.127 e.